The number of amidine groups is 1. The van der Waals surface area contributed by atoms with Gasteiger partial charge in [0.05, 0.1) is 6.04 Å². The van der Waals surface area contributed by atoms with Gasteiger partial charge in [-0.3, -0.25) is 4.99 Å². The van der Waals surface area contributed by atoms with Crippen LogP contribution in [-0.2, 0) is 0 Å². The standard InChI is InChI=1S/C14H26N2S2/c1-4-14(3)9-10-18-13(16-14)15-11-7-6-8-12(11)17-5-2/h11-12H,4-10H2,1-3H3,(H,15,16). The average molecular weight is 287 g/mol. The van der Waals surface area contributed by atoms with E-state index >= 15 is 0 Å². The number of nitrogens with zero attached hydrogens (tertiary/aromatic N) is 1. The lowest BCUT2D eigenvalue weighted by molar-refractivity contribution is 0.389. The number of nitrogens with one attached hydrogen (secondary N) is 1. The monoisotopic (exact) mass is 286 g/mol. The molecular weight excluding hydrogens is 260 g/mol. The Morgan fingerprint density at radius 3 is 3.00 bits per heavy atom. The van der Waals surface area contributed by atoms with Crippen molar-refractivity contribution < 1.29 is 0 Å². The van der Waals surface area contributed by atoms with E-state index < -0.39 is 0 Å². The van der Waals surface area contributed by atoms with Gasteiger partial charge in [-0.1, -0.05) is 32.0 Å². The minimum Gasteiger partial charge on any atom is -0.360 e. The van der Waals surface area contributed by atoms with Gasteiger partial charge in [-0.15, -0.1) is 0 Å². The second kappa shape index (κ2) is 6.56. The van der Waals surface area contributed by atoms with Crippen molar-refractivity contribution in [2.45, 2.75) is 69.7 Å². The highest BCUT2D eigenvalue weighted by Crippen LogP contribution is 2.33. The van der Waals surface area contributed by atoms with Crippen molar-refractivity contribution in [3.8, 4) is 0 Å². The van der Waals surface area contributed by atoms with Crippen molar-refractivity contribution in [3.05, 3.63) is 0 Å². The molecule has 1 heterocycles. The fraction of sp³-hybridized carbons (Fsp3) is 0.929. The Morgan fingerprint density at radius 1 is 1.44 bits per heavy atom. The van der Waals surface area contributed by atoms with E-state index in [1.165, 1.54) is 48.8 Å². The molecule has 0 aromatic carbocycles. The van der Waals surface area contributed by atoms with Crippen molar-refractivity contribution in [1.82, 2.24) is 5.32 Å². The molecule has 1 N–H and O–H groups in total. The molecule has 2 nitrogen and oxygen atoms in total. The van der Waals surface area contributed by atoms with E-state index in [9.17, 15) is 0 Å². The molecule has 0 aromatic rings. The minimum atomic E-state index is 0.274. The molecule has 104 valence electrons. The summed E-state index contributed by atoms with van der Waals surface area (Å²) in [5, 5.41) is 5.64. The predicted octanol–water partition coefficient (Wildman–Crippen LogP) is 3.91. The highest BCUT2D eigenvalue weighted by molar-refractivity contribution is 8.13. The van der Waals surface area contributed by atoms with Crippen LogP contribution < -0.4 is 5.32 Å². The van der Waals surface area contributed by atoms with E-state index in [-0.39, 0.29) is 5.54 Å². The Morgan fingerprint density at radius 2 is 2.28 bits per heavy atom. The fourth-order valence-corrected chi connectivity index (χ4v) is 5.13. The van der Waals surface area contributed by atoms with Crippen LogP contribution in [0.5, 0.6) is 0 Å². The summed E-state index contributed by atoms with van der Waals surface area (Å²) in [6, 6.07) is 0.559. The van der Waals surface area contributed by atoms with Crippen LogP contribution in [-0.4, -0.2) is 33.5 Å². The van der Waals surface area contributed by atoms with Gasteiger partial charge in [0, 0.05) is 16.5 Å². The summed E-state index contributed by atoms with van der Waals surface area (Å²) in [5.74, 6) is 2.44. The number of hydrogen-bond donors (Lipinski definition) is 1. The van der Waals surface area contributed by atoms with Gasteiger partial charge in [-0.2, -0.15) is 11.8 Å². The van der Waals surface area contributed by atoms with Crippen LogP contribution in [0, 0.1) is 0 Å². The summed E-state index contributed by atoms with van der Waals surface area (Å²) in [6.45, 7) is 6.86. The molecule has 0 amide bonds. The Hall–Kier alpha value is 0.170. The van der Waals surface area contributed by atoms with Crippen molar-refractivity contribution in [3.63, 3.8) is 0 Å². The first kappa shape index (κ1) is 14.6. The zero-order valence-electron chi connectivity index (χ0n) is 11.9. The fourth-order valence-electron chi connectivity index (χ4n) is 2.68. The lowest BCUT2D eigenvalue weighted by Gasteiger charge is -2.35. The maximum absolute atomic E-state index is 5.03. The van der Waals surface area contributed by atoms with Gasteiger partial charge in [-0.25, -0.2) is 0 Å². The molecule has 1 saturated heterocycles. The average Bonchev–Trinajstić information content (AvgIpc) is 2.77. The third-order valence-electron chi connectivity index (χ3n) is 4.16. The van der Waals surface area contributed by atoms with Crippen molar-refractivity contribution in [2.24, 2.45) is 4.99 Å². The molecule has 1 saturated carbocycles. The second-order valence-corrected chi connectivity index (χ2v) is 8.16. The van der Waals surface area contributed by atoms with Crippen LogP contribution in [0.1, 0.15) is 52.9 Å². The van der Waals surface area contributed by atoms with E-state index in [4.69, 9.17) is 4.99 Å². The largest absolute Gasteiger partial charge is 0.360 e. The number of hydrogen-bond acceptors (Lipinski definition) is 3. The first-order chi connectivity index (χ1) is 8.67. The van der Waals surface area contributed by atoms with Crippen molar-refractivity contribution >= 4 is 28.7 Å². The van der Waals surface area contributed by atoms with Gasteiger partial charge in [0.25, 0.3) is 0 Å². The highest BCUT2D eigenvalue weighted by atomic mass is 32.2. The quantitative estimate of drug-likeness (QED) is 0.848. The zero-order valence-corrected chi connectivity index (χ0v) is 13.5. The van der Waals surface area contributed by atoms with Crippen LogP contribution in [0.3, 0.4) is 0 Å². The molecule has 0 spiro atoms. The van der Waals surface area contributed by atoms with E-state index in [2.05, 4.69) is 37.8 Å². The molecule has 2 fully saturated rings. The molecule has 2 aliphatic rings. The summed E-state index contributed by atoms with van der Waals surface area (Å²) < 4.78 is 0. The Labute approximate surface area is 120 Å². The predicted molar refractivity (Wildman–Crippen MR) is 85.9 cm³/mol. The molecule has 3 atom stereocenters. The van der Waals surface area contributed by atoms with Crippen molar-refractivity contribution in [2.75, 3.05) is 11.5 Å². The van der Waals surface area contributed by atoms with Crippen LogP contribution >= 0.6 is 23.5 Å². The lowest BCUT2D eigenvalue weighted by Crippen LogP contribution is -2.48. The van der Waals surface area contributed by atoms with E-state index in [1.807, 2.05) is 11.8 Å². The van der Waals surface area contributed by atoms with Gasteiger partial charge >= 0.3 is 0 Å². The van der Waals surface area contributed by atoms with Gasteiger partial charge in [0.2, 0.25) is 0 Å². The molecule has 0 radical (unpaired) electrons. The smallest absolute Gasteiger partial charge is 0.157 e. The topological polar surface area (TPSA) is 24.4 Å². The Balaban J connectivity index is 1.99. The number of aliphatic imine (C=N–C) groups is 1. The SMILES string of the molecule is CCSC1CCCC1N=C1NC(C)(CC)CCS1. The zero-order chi connectivity index (χ0) is 13.0. The minimum absolute atomic E-state index is 0.274. The molecular formula is C14H26N2S2. The molecule has 18 heavy (non-hydrogen) atoms. The van der Waals surface area contributed by atoms with E-state index in [1.54, 1.807) is 0 Å². The van der Waals surface area contributed by atoms with Gasteiger partial charge in [-0.05, 0) is 38.4 Å². The van der Waals surface area contributed by atoms with E-state index in [0.29, 0.717) is 6.04 Å². The summed E-state index contributed by atoms with van der Waals surface area (Å²) in [6.07, 6.45) is 6.44. The van der Waals surface area contributed by atoms with E-state index in [0.717, 1.165) is 5.25 Å². The highest BCUT2D eigenvalue weighted by Gasteiger charge is 2.31. The lowest BCUT2D eigenvalue weighted by atomic mass is 9.96. The molecule has 0 bridgehead atoms. The van der Waals surface area contributed by atoms with Gasteiger partial charge in [0.1, 0.15) is 0 Å². The first-order valence-electron chi connectivity index (χ1n) is 7.27. The van der Waals surface area contributed by atoms with Crippen LogP contribution in [0.4, 0.5) is 0 Å². The molecule has 2 rings (SSSR count). The molecule has 1 aliphatic carbocycles. The normalized spacial score (nSPS) is 38.9. The summed E-state index contributed by atoms with van der Waals surface area (Å²) in [5.41, 5.74) is 0.274. The van der Waals surface area contributed by atoms with Crippen LogP contribution in [0.15, 0.2) is 4.99 Å². The van der Waals surface area contributed by atoms with Gasteiger partial charge < -0.3 is 5.32 Å². The van der Waals surface area contributed by atoms with Crippen LogP contribution in [0.25, 0.3) is 0 Å². The second-order valence-electron chi connectivity index (χ2n) is 5.56. The molecule has 0 aromatic heterocycles. The third-order valence-corrected chi connectivity index (χ3v) is 6.36. The number of rotatable bonds is 4. The molecule has 3 unspecified atom stereocenters. The maximum atomic E-state index is 5.03. The molecule has 4 heteroatoms. The molecule has 1 aliphatic heterocycles. The Kier molecular flexibility index (Phi) is 5.31. The summed E-state index contributed by atoms with van der Waals surface area (Å²) >= 11 is 4.01. The van der Waals surface area contributed by atoms with Crippen molar-refractivity contribution in [1.29, 1.82) is 0 Å². The summed E-state index contributed by atoms with van der Waals surface area (Å²) in [4.78, 5) is 5.03. The maximum Gasteiger partial charge on any atom is 0.157 e. The third kappa shape index (κ3) is 3.60. The van der Waals surface area contributed by atoms with Crippen LogP contribution in [0.2, 0.25) is 0 Å². The Bertz CT molecular complexity index is 306. The number of thioether (sulfide) groups is 2. The first-order valence-corrected chi connectivity index (χ1v) is 9.30. The summed E-state index contributed by atoms with van der Waals surface area (Å²) in [7, 11) is 0. The van der Waals surface area contributed by atoms with Gasteiger partial charge in [0.15, 0.2) is 5.17 Å².